The molecule has 0 amide bonds. The van der Waals surface area contributed by atoms with Gasteiger partial charge in [-0.3, -0.25) is 4.57 Å². The summed E-state index contributed by atoms with van der Waals surface area (Å²) in [7, 11) is 0. The van der Waals surface area contributed by atoms with Gasteiger partial charge in [-0.15, -0.1) is 0 Å². The Hall–Kier alpha value is -2.41. The number of pyridine rings is 1. The number of alkyl halides is 6. The lowest BCUT2D eigenvalue weighted by molar-refractivity contribution is -0.144. The lowest BCUT2D eigenvalue weighted by atomic mass is 10.1. The van der Waals surface area contributed by atoms with Crippen molar-refractivity contribution >= 4 is 21.9 Å². The van der Waals surface area contributed by atoms with E-state index in [1.165, 1.54) is 24.3 Å². The van der Waals surface area contributed by atoms with Gasteiger partial charge in [0.05, 0.1) is 17.7 Å². The number of para-hydroxylation sites is 1. The van der Waals surface area contributed by atoms with Gasteiger partial charge in [0.1, 0.15) is 29.7 Å². The van der Waals surface area contributed by atoms with Gasteiger partial charge in [-0.25, -0.2) is 4.98 Å². The molecule has 1 aromatic carbocycles. The molecule has 0 bridgehead atoms. The van der Waals surface area contributed by atoms with Crippen LogP contribution in [-0.2, 0) is 17.1 Å². The smallest absolute Gasteiger partial charge is 0.394 e. The van der Waals surface area contributed by atoms with Crippen molar-refractivity contribution in [3.8, 4) is 0 Å². The average molecular weight is 436 g/mol. The maximum absolute atomic E-state index is 13.7. The number of hydrogen-bond acceptors (Lipinski definition) is 5. The number of aliphatic hydroxyl groups is 3. The topological polar surface area (TPSA) is 87.7 Å². The number of rotatable bonds is 2. The minimum absolute atomic E-state index is 0.0136. The maximum atomic E-state index is 13.7. The fraction of sp³-hybridized carbons (Fsp3) is 0.389. The second-order valence-electron chi connectivity index (χ2n) is 6.87. The van der Waals surface area contributed by atoms with Crippen molar-refractivity contribution in [2.24, 2.45) is 0 Å². The van der Waals surface area contributed by atoms with Crippen molar-refractivity contribution in [3.05, 3.63) is 41.6 Å². The molecule has 1 fully saturated rings. The van der Waals surface area contributed by atoms with Gasteiger partial charge in [-0.1, -0.05) is 18.2 Å². The molecule has 0 unspecified atom stereocenters. The van der Waals surface area contributed by atoms with Gasteiger partial charge in [0.2, 0.25) is 0 Å². The van der Waals surface area contributed by atoms with Crippen LogP contribution in [0.5, 0.6) is 0 Å². The average Bonchev–Trinajstić information content (AvgIpc) is 3.14. The first-order valence-corrected chi connectivity index (χ1v) is 8.65. The molecule has 4 atom stereocenters. The van der Waals surface area contributed by atoms with Crippen molar-refractivity contribution in [1.29, 1.82) is 0 Å². The highest BCUT2D eigenvalue weighted by Gasteiger charge is 2.46. The minimum atomic E-state index is -5.17. The first-order valence-electron chi connectivity index (χ1n) is 8.65. The van der Waals surface area contributed by atoms with Crippen molar-refractivity contribution in [1.82, 2.24) is 9.55 Å². The zero-order chi connectivity index (χ0) is 22.0. The first kappa shape index (κ1) is 20.8. The van der Waals surface area contributed by atoms with Crippen LogP contribution < -0.4 is 0 Å². The predicted molar refractivity (Wildman–Crippen MR) is 90.3 cm³/mol. The number of benzene rings is 1. The Morgan fingerprint density at radius 2 is 1.67 bits per heavy atom. The zero-order valence-corrected chi connectivity index (χ0v) is 14.8. The Bertz CT molecular complexity index is 1110. The molecule has 3 heterocycles. The summed E-state index contributed by atoms with van der Waals surface area (Å²) in [6.45, 7) is -0.721. The van der Waals surface area contributed by atoms with E-state index >= 15 is 0 Å². The minimum Gasteiger partial charge on any atom is -0.394 e. The van der Waals surface area contributed by atoms with Crippen molar-refractivity contribution in [3.63, 3.8) is 0 Å². The largest absolute Gasteiger partial charge is 0.433 e. The van der Waals surface area contributed by atoms with Crippen LogP contribution in [0, 0.1) is 0 Å². The third-order valence-electron chi connectivity index (χ3n) is 5.03. The summed E-state index contributed by atoms with van der Waals surface area (Å²) in [6, 6.07) is 5.40. The number of aliphatic hydroxyl groups excluding tert-OH is 3. The molecule has 2 aromatic heterocycles. The molecule has 4 rings (SSSR count). The third-order valence-corrected chi connectivity index (χ3v) is 5.03. The number of hydrogen-bond donors (Lipinski definition) is 3. The SMILES string of the molecule is OC[C@H]1O[C@@H](n2c3ccccc3c3c(C(F)(F)F)cc(C(F)(F)F)nc32)[C@H](O)[C@@H]1O. The second-order valence-corrected chi connectivity index (χ2v) is 6.87. The quantitative estimate of drug-likeness (QED) is 0.538. The summed E-state index contributed by atoms with van der Waals surface area (Å²) in [4.78, 5) is 3.42. The van der Waals surface area contributed by atoms with Gasteiger partial charge < -0.3 is 20.1 Å². The molecule has 1 saturated heterocycles. The van der Waals surface area contributed by atoms with Crippen molar-refractivity contribution < 1.29 is 46.4 Å². The summed E-state index contributed by atoms with van der Waals surface area (Å²) in [5.74, 6) is 0. The summed E-state index contributed by atoms with van der Waals surface area (Å²) in [5, 5.41) is 29.0. The Morgan fingerprint density at radius 1 is 1.00 bits per heavy atom. The molecular weight excluding hydrogens is 422 g/mol. The van der Waals surface area contributed by atoms with Crippen LogP contribution in [0.25, 0.3) is 21.9 Å². The summed E-state index contributed by atoms with van der Waals surface area (Å²) in [5.41, 5.74) is -4.01. The summed E-state index contributed by atoms with van der Waals surface area (Å²) in [6.07, 6.45) is -16.5. The number of halogens is 6. The predicted octanol–water partition coefficient (Wildman–Crippen LogP) is 2.84. The number of nitrogens with zero attached hydrogens (tertiary/aromatic N) is 2. The van der Waals surface area contributed by atoms with E-state index in [1.807, 2.05) is 0 Å². The van der Waals surface area contributed by atoms with Gasteiger partial charge in [0.25, 0.3) is 0 Å². The number of ether oxygens (including phenoxy) is 1. The molecule has 0 aliphatic carbocycles. The second kappa shape index (κ2) is 6.80. The molecule has 1 aliphatic heterocycles. The molecule has 12 heteroatoms. The molecule has 0 saturated carbocycles. The highest BCUT2D eigenvalue weighted by atomic mass is 19.4. The maximum Gasteiger partial charge on any atom is 0.433 e. The van der Waals surface area contributed by atoms with Gasteiger partial charge in [0.15, 0.2) is 6.23 Å². The molecule has 0 radical (unpaired) electrons. The number of aromatic nitrogens is 2. The van der Waals surface area contributed by atoms with Crippen LogP contribution in [0.4, 0.5) is 26.3 Å². The highest BCUT2D eigenvalue weighted by Crippen LogP contribution is 2.44. The monoisotopic (exact) mass is 436 g/mol. The molecule has 3 N–H and O–H groups in total. The van der Waals surface area contributed by atoms with E-state index in [-0.39, 0.29) is 17.0 Å². The van der Waals surface area contributed by atoms with Gasteiger partial charge in [0, 0.05) is 10.8 Å². The van der Waals surface area contributed by atoms with Crippen LogP contribution in [0.2, 0.25) is 0 Å². The van der Waals surface area contributed by atoms with Crippen LogP contribution in [0.3, 0.4) is 0 Å². The van der Waals surface area contributed by atoms with E-state index in [0.29, 0.717) is 0 Å². The molecule has 3 aromatic rings. The fourth-order valence-electron chi connectivity index (χ4n) is 3.70. The van der Waals surface area contributed by atoms with E-state index in [4.69, 9.17) is 4.74 Å². The van der Waals surface area contributed by atoms with E-state index in [2.05, 4.69) is 4.98 Å². The number of fused-ring (bicyclic) bond motifs is 3. The van der Waals surface area contributed by atoms with E-state index in [9.17, 15) is 41.7 Å². The van der Waals surface area contributed by atoms with Crippen LogP contribution in [0.1, 0.15) is 17.5 Å². The van der Waals surface area contributed by atoms with E-state index < -0.39 is 65.8 Å². The molecule has 6 nitrogen and oxygen atoms in total. The summed E-state index contributed by atoms with van der Waals surface area (Å²) >= 11 is 0. The van der Waals surface area contributed by atoms with Crippen molar-refractivity contribution in [2.75, 3.05) is 6.61 Å². The lowest BCUT2D eigenvalue weighted by Crippen LogP contribution is -2.33. The first-order chi connectivity index (χ1) is 13.9. The Kier molecular flexibility index (Phi) is 4.73. The molecule has 0 spiro atoms. The molecule has 30 heavy (non-hydrogen) atoms. The van der Waals surface area contributed by atoms with Crippen molar-refractivity contribution in [2.45, 2.75) is 36.9 Å². The third kappa shape index (κ3) is 3.11. The van der Waals surface area contributed by atoms with E-state index in [0.717, 1.165) is 4.57 Å². The lowest BCUT2D eigenvalue weighted by Gasteiger charge is -2.19. The zero-order valence-electron chi connectivity index (χ0n) is 14.8. The fourth-order valence-corrected chi connectivity index (χ4v) is 3.70. The molecule has 162 valence electrons. The van der Waals surface area contributed by atoms with Gasteiger partial charge in [-0.2, -0.15) is 26.3 Å². The standard InChI is InChI=1S/C18H14F6N2O4/c19-17(20,21)8-5-11(18(22,23)24)25-15-12(8)7-3-1-2-4-9(7)26(15)16-14(29)13(28)10(6-27)30-16/h1-5,10,13-14,16,27-29H,6H2/t10-,13-,14-,16-/m1/s1. The molecule has 1 aliphatic rings. The molecular formula is C18H14F6N2O4. The van der Waals surface area contributed by atoms with Gasteiger partial charge in [-0.05, 0) is 12.1 Å². The Labute approximate surface area is 163 Å². The summed E-state index contributed by atoms with van der Waals surface area (Å²) < 4.78 is 87.3. The van der Waals surface area contributed by atoms with Crippen LogP contribution >= 0.6 is 0 Å². The van der Waals surface area contributed by atoms with E-state index in [1.54, 1.807) is 0 Å². The van der Waals surface area contributed by atoms with Crippen LogP contribution in [-0.4, -0.2) is 49.8 Å². The van der Waals surface area contributed by atoms with Crippen LogP contribution in [0.15, 0.2) is 30.3 Å². The Balaban J connectivity index is 2.12. The Morgan fingerprint density at radius 3 is 2.23 bits per heavy atom. The van der Waals surface area contributed by atoms with Gasteiger partial charge >= 0.3 is 12.4 Å². The highest BCUT2D eigenvalue weighted by molar-refractivity contribution is 6.08. The normalized spacial score (nSPS) is 25.5.